The number of nitrogens with zero attached hydrogens (tertiary/aromatic N) is 1. The van der Waals surface area contributed by atoms with Crippen molar-refractivity contribution in [1.82, 2.24) is 4.98 Å². The number of anilines is 2. The lowest BCUT2D eigenvalue weighted by atomic mass is 10.0. The van der Waals surface area contributed by atoms with Crippen molar-refractivity contribution in [3.05, 3.63) is 53.7 Å². The Bertz CT molecular complexity index is 629. The molecule has 0 saturated heterocycles. The van der Waals surface area contributed by atoms with Gasteiger partial charge in [-0.2, -0.15) is 0 Å². The number of hydrogen-bond acceptors (Lipinski definition) is 5. The highest BCUT2D eigenvalue weighted by Crippen LogP contribution is 2.25. The molecule has 0 amide bonds. The molecule has 0 fully saturated rings. The maximum absolute atomic E-state index is 11.9. The fourth-order valence-corrected chi connectivity index (χ4v) is 2.17. The summed E-state index contributed by atoms with van der Waals surface area (Å²) in [5.41, 5.74) is 8.36. The number of nitrogen functional groups attached to an aromatic ring is 1. The average Bonchev–Trinajstić information content (AvgIpc) is 2.51. The van der Waals surface area contributed by atoms with Crippen LogP contribution in [0.5, 0.6) is 0 Å². The Morgan fingerprint density at radius 1 is 1.27 bits per heavy atom. The highest BCUT2D eigenvalue weighted by molar-refractivity contribution is 5.72. The molecule has 1 heterocycles. The first kappa shape index (κ1) is 15.8. The van der Waals surface area contributed by atoms with Crippen LogP contribution in [0.4, 0.5) is 11.5 Å². The third-order valence-corrected chi connectivity index (χ3v) is 3.25. The molecule has 0 bridgehead atoms. The standard InChI is InChI=1S/C17H21N3O2/c1-3-22-16(21)11-15(13-7-5-4-6-8-13)20-17-14(18)10-9-12(2)19-17/h4-10,15H,3,11,18H2,1-2H3,(H,19,20). The molecule has 0 radical (unpaired) electrons. The molecule has 0 spiro atoms. The minimum Gasteiger partial charge on any atom is -0.466 e. The van der Waals surface area contributed by atoms with Crippen LogP contribution < -0.4 is 11.1 Å². The van der Waals surface area contributed by atoms with Crippen molar-refractivity contribution in [2.45, 2.75) is 26.3 Å². The van der Waals surface area contributed by atoms with Crippen molar-refractivity contribution >= 4 is 17.5 Å². The predicted octanol–water partition coefficient (Wildman–Crippen LogP) is 3.08. The number of benzene rings is 1. The topological polar surface area (TPSA) is 77.2 Å². The van der Waals surface area contributed by atoms with E-state index in [0.717, 1.165) is 11.3 Å². The first-order chi connectivity index (χ1) is 10.6. The minimum absolute atomic E-state index is 0.215. The van der Waals surface area contributed by atoms with Gasteiger partial charge in [0, 0.05) is 5.69 Å². The summed E-state index contributed by atoms with van der Waals surface area (Å²) in [6, 6.07) is 13.1. The number of aromatic nitrogens is 1. The largest absolute Gasteiger partial charge is 0.466 e. The molecule has 0 aliphatic carbocycles. The van der Waals surface area contributed by atoms with Crippen LogP contribution in [-0.2, 0) is 9.53 Å². The molecule has 0 aliphatic rings. The molecule has 1 unspecified atom stereocenters. The second-order valence-corrected chi connectivity index (χ2v) is 5.01. The number of aryl methyl sites for hydroxylation is 1. The van der Waals surface area contributed by atoms with Crippen molar-refractivity contribution in [2.75, 3.05) is 17.7 Å². The number of carbonyl (C=O) groups excluding carboxylic acids is 1. The van der Waals surface area contributed by atoms with Gasteiger partial charge in [-0.1, -0.05) is 30.3 Å². The number of ether oxygens (including phenoxy) is 1. The van der Waals surface area contributed by atoms with Crippen LogP contribution in [0.3, 0.4) is 0 Å². The molecule has 22 heavy (non-hydrogen) atoms. The van der Waals surface area contributed by atoms with Crippen molar-refractivity contribution in [2.24, 2.45) is 0 Å². The van der Waals surface area contributed by atoms with Gasteiger partial charge in [-0.15, -0.1) is 0 Å². The van der Waals surface area contributed by atoms with Crippen molar-refractivity contribution in [3.63, 3.8) is 0 Å². The summed E-state index contributed by atoms with van der Waals surface area (Å²) in [6.45, 7) is 4.06. The van der Waals surface area contributed by atoms with Crippen molar-refractivity contribution in [1.29, 1.82) is 0 Å². The Hall–Kier alpha value is -2.56. The zero-order valence-electron chi connectivity index (χ0n) is 12.9. The van der Waals surface area contributed by atoms with E-state index in [1.54, 1.807) is 13.0 Å². The number of nitrogens with one attached hydrogen (secondary N) is 1. The van der Waals surface area contributed by atoms with Gasteiger partial charge in [0.05, 0.1) is 24.8 Å². The molecule has 0 saturated carbocycles. The van der Waals surface area contributed by atoms with E-state index in [-0.39, 0.29) is 18.4 Å². The number of nitrogens with two attached hydrogens (primary N) is 1. The maximum Gasteiger partial charge on any atom is 0.308 e. The summed E-state index contributed by atoms with van der Waals surface area (Å²) in [4.78, 5) is 16.3. The number of pyridine rings is 1. The molecule has 0 aliphatic heterocycles. The van der Waals surface area contributed by atoms with Gasteiger partial charge in [-0.3, -0.25) is 4.79 Å². The van der Waals surface area contributed by atoms with Gasteiger partial charge in [0.1, 0.15) is 5.82 Å². The second kappa shape index (κ2) is 7.45. The van der Waals surface area contributed by atoms with E-state index in [4.69, 9.17) is 10.5 Å². The van der Waals surface area contributed by atoms with Crippen LogP contribution in [-0.4, -0.2) is 17.6 Å². The van der Waals surface area contributed by atoms with Crippen LogP contribution >= 0.6 is 0 Å². The van der Waals surface area contributed by atoms with E-state index in [1.807, 2.05) is 43.3 Å². The van der Waals surface area contributed by atoms with Gasteiger partial charge in [0.15, 0.2) is 0 Å². The molecule has 1 aromatic carbocycles. The number of hydrogen-bond donors (Lipinski definition) is 2. The van der Waals surface area contributed by atoms with Crippen molar-refractivity contribution in [3.8, 4) is 0 Å². The predicted molar refractivity (Wildman–Crippen MR) is 87.4 cm³/mol. The van der Waals surface area contributed by atoms with E-state index in [2.05, 4.69) is 10.3 Å². The highest BCUT2D eigenvalue weighted by Gasteiger charge is 2.18. The quantitative estimate of drug-likeness (QED) is 0.802. The third kappa shape index (κ3) is 4.22. The van der Waals surface area contributed by atoms with Crippen LogP contribution in [0.25, 0.3) is 0 Å². The molecule has 5 heteroatoms. The smallest absolute Gasteiger partial charge is 0.308 e. The molecular weight excluding hydrogens is 278 g/mol. The monoisotopic (exact) mass is 299 g/mol. The number of esters is 1. The van der Waals surface area contributed by atoms with Gasteiger partial charge < -0.3 is 15.8 Å². The van der Waals surface area contributed by atoms with Crippen molar-refractivity contribution < 1.29 is 9.53 Å². The van der Waals surface area contributed by atoms with E-state index in [1.165, 1.54) is 0 Å². The molecule has 2 aromatic rings. The second-order valence-electron chi connectivity index (χ2n) is 5.01. The van der Waals surface area contributed by atoms with E-state index >= 15 is 0 Å². The van der Waals surface area contributed by atoms with Gasteiger partial charge in [0.2, 0.25) is 0 Å². The molecule has 3 N–H and O–H groups in total. The van der Waals surface area contributed by atoms with Crippen LogP contribution in [0.2, 0.25) is 0 Å². The van der Waals surface area contributed by atoms with Gasteiger partial charge >= 0.3 is 5.97 Å². The number of rotatable bonds is 6. The lowest BCUT2D eigenvalue weighted by Crippen LogP contribution is -2.18. The minimum atomic E-state index is -0.255. The summed E-state index contributed by atoms with van der Waals surface area (Å²) in [5, 5.41) is 3.26. The Kier molecular flexibility index (Phi) is 5.36. The Morgan fingerprint density at radius 3 is 2.68 bits per heavy atom. The van der Waals surface area contributed by atoms with Crippen LogP contribution in [0, 0.1) is 6.92 Å². The SMILES string of the molecule is CCOC(=O)CC(Nc1nc(C)ccc1N)c1ccccc1. The number of carbonyl (C=O) groups is 1. The average molecular weight is 299 g/mol. The van der Waals surface area contributed by atoms with E-state index < -0.39 is 0 Å². The normalized spacial score (nSPS) is 11.7. The van der Waals surface area contributed by atoms with Crippen LogP contribution in [0.15, 0.2) is 42.5 Å². The maximum atomic E-state index is 11.9. The zero-order valence-corrected chi connectivity index (χ0v) is 12.9. The van der Waals surface area contributed by atoms with Gasteiger partial charge in [-0.05, 0) is 31.5 Å². The summed E-state index contributed by atoms with van der Waals surface area (Å²) in [6.07, 6.45) is 0.215. The molecule has 2 rings (SSSR count). The first-order valence-electron chi connectivity index (χ1n) is 7.30. The molecular formula is C17H21N3O2. The Morgan fingerprint density at radius 2 is 2.00 bits per heavy atom. The lowest BCUT2D eigenvalue weighted by Gasteiger charge is -2.20. The molecule has 1 aromatic heterocycles. The molecule has 1 atom stereocenters. The Labute approximate surface area is 130 Å². The van der Waals surface area contributed by atoms with Gasteiger partial charge in [0.25, 0.3) is 0 Å². The Balaban J connectivity index is 2.24. The fraction of sp³-hybridized carbons (Fsp3) is 0.294. The van der Waals surface area contributed by atoms with E-state index in [9.17, 15) is 4.79 Å². The third-order valence-electron chi connectivity index (χ3n) is 3.25. The highest BCUT2D eigenvalue weighted by atomic mass is 16.5. The fourth-order valence-electron chi connectivity index (χ4n) is 2.17. The van der Waals surface area contributed by atoms with Crippen LogP contribution in [0.1, 0.15) is 30.6 Å². The summed E-state index contributed by atoms with van der Waals surface area (Å²) in [7, 11) is 0. The first-order valence-corrected chi connectivity index (χ1v) is 7.30. The van der Waals surface area contributed by atoms with E-state index in [0.29, 0.717) is 18.1 Å². The summed E-state index contributed by atoms with van der Waals surface area (Å²) in [5.74, 6) is 0.327. The lowest BCUT2D eigenvalue weighted by molar-refractivity contribution is -0.143. The molecule has 116 valence electrons. The zero-order chi connectivity index (χ0) is 15.9. The molecule has 5 nitrogen and oxygen atoms in total. The summed E-state index contributed by atoms with van der Waals surface area (Å²) < 4.78 is 5.05. The van der Waals surface area contributed by atoms with Gasteiger partial charge in [-0.25, -0.2) is 4.98 Å². The summed E-state index contributed by atoms with van der Waals surface area (Å²) >= 11 is 0.